The minimum atomic E-state index is 0.350. The number of para-hydroxylation sites is 1. The zero-order valence-corrected chi connectivity index (χ0v) is 13.1. The van der Waals surface area contributed by atoms with Crippen molar-refractivity contribution < 1.29 is 4.74 Å². The number of likely N-dealkylation sites (N-methyl/N-ethyl adjacent to an activating group) is 2. The molecule has 1 aromatic carbocycles. The summed E-state index contributed by atoms with van der Waals surface area (Å²) in [5.74, 6) is 1.02. The lowest BCUT2D eigenvalue weighted by Crippen LogP contribution is -2.36. The van der Waals surface area contributed by atoms with Gasteiger partial charge in [-0.15, -0.1) is 0 Å². The highest BCUT2D eigenvalue weighted by molar-refractivity contribution is 5.36. The van der Waals surface area contributed by atoms with Crippen molar-refractivity contribution in [2.24, 2.45) is 0 Å². The summed E-state index contributed by atoms with van der Waals surface area (Å²) in [6.45, 7) is 10.4. The van der Waals surface area contributed by atoms with Gasteiger partial charge in [-0.25, -0.2) is 0 Å². The lowest BCUT2D eigenvalue weighted by Gasteiger charge is -2.28. The second kappa shape index (κ2) is 7.65. The molecule has 1 aromatic rings. The molecule has 1 unspecified atom stereocenters. The number of rotatable bonds is 9. The molecular weight excluding hydrogens is 248 g/mol. The molecule has 0 aromatic heterocycles. The maximum Gasteiger partial charge on any atom is 0.124 e. The van der Waals surface area contributed by atoms with Crippen molar-refractivity contribution in [3.63, 3.8) is 0 Å². The van der Waals surface area contributed by atoms with E-state index in [0.717, 1.165) is 38.0 Å². The van der Waals surface area contributed by atoms with E-state index in [4.69, 9.17) is 4.74 Å². The standard InChI is InChI=1S/C17H28N2O/c1-4-18-16(13-19(5-2)14-11-12-14)15-9-7-8-10-17(15)20-6-3/h7-10,14,16,18H,4-6,11-13H2,1-3H3. The Bertz CT molecular complexity index is 404. The minimum absolute atomic E-state index is 0.350. The SMILES string of the molecule is CCNC(CN(CC)C1CC1)c1ccccc1OCC. The van der Waals surface area contributed by atoms with E-state index in [1.54, 1.807) is 0 Å². The highest BCUT2D eigenvalue weighted by Crippen LogP contribution is 2.31. The Labute approximate surface area is 123 Å². The maximum atomic E-state index is 5.80. The van der Waals surface area contributed by atoms with Crippen LogP contribution in [0.1, 0.15) is 45.2 Å². The van der Waals surface area contributed by atoms with Gasteiger partial charge in [0.05, 0.1) is 6.61 Å². The molecule has 0 spiro atoms. The van der Waals surface area contributed by atoms with E-state index < -0.39 is 0 Å². The van der Waals surface area contributed by atoms with Gasteiger partial charge in [0.2, 0.25) is 0 Å². The Morgan fingerprint density at radius 2 is 2.00 bits per heavy atom. The fourth-order valence-electron chi connectivity index (χ4n) is 2.79. The largest absolute Gasteiger partial charge is 0.494 e. The third-order valence-electron chi connectivity index (χ3n) is 3.93. The molecule has 3 nitrogen and oxygen atoms in total. The monoisotopic (exact) mass is 276 g/mol. The molecule has 112 valence electrons. The fraction of sp³-hybridized carbons (Fsp3) is 0.647. The van der Waals surface area contributed by atoms with Crippen molar-refractivity contribution in [3.05, 3.63) is 29.8 Å². The minimum Gasteiger partial charge on any atom is -0.494 e. The van der Waals surface area contributed by atoms with Gasteiger partial charge in [0.25, 0.3) is 0 Å². The van der Waals surface area contributed by atoms with Crippen molar-refractivity contribution in [2.45, 2.75) is 45.7 Å². The van der Waals surface area contributed by atoms with Crippen LogP contribution in [0.4, 0.5) is 0 Å². The zero-order valence-electron chi connectivity index (χ0n) is 13.1. The van der Waals surface area contributed by atoms with Gasteiger partial charge in [0.15, 0.2) is 0 Å². The fourth-order valence-corrected chi connectivity index (χ4v) is 2.79. The number of nitrogens with one attached hydrogen (secondary N) is 1. The van der Waals surface area contributed by atoms with Crippen molar-refractivity contribution >= 4 is 0 Å². The van der Waals surface area contributed by atoms with Crippen LogP contribution in [0.5, 0.6) is 5.75 Å². The summed E-state index contributed by atoms with van der Waals surface area (Å²) in [6.07, 6.45) is 2.72. The van der Waals surface area contributed by atoms with Gasteiger partial charge >= 0.3 is 0 Å². The Morgan fingerprint density at radius 1 is 1.25 bits per heavy atom. The normalized spacial score (nSPS) is 16.4. The third kappa shape index (κ3) is 3.97. The first-order chi connectivity index (χ1) is 9.80. The van der Waals surface area contributed by atoms with Crippen LogP contribution in [0.25, 0.3) is 0 Å². The van der Waals surface area contributed by atoms with Crippen molar-refractivity contribution in [1.29, 1.82) is 0 Å². The van der Waals surface area contributed by atoms with E-state index in [0.29, 0.717) is 6.04 Å². The first-order valence-electron chi connectivity index (χ1n) is 7.99. The molecule has 1 atom stereocenters. The van der Waals surface area contributed by atoms with E-state index in [2.05, 4.69) is 48.3 Å². The van der Waals surface area contributed by atoms with Gasteiger partial charge in [-0.05, 0) is 38.9 Å². The molecule has 20 heavy (non-hydrogen) atoms. The molecule has 0 heterocycles. The number of ether oxygens (including phenoxy) is 1. The van der Waals surface area contributed by atoms with Gasteiger partial charge in [0.1, 0.15) is 5.75 Å². The van der Waals surface area contributed by atoms with E-state index in [-0.39, 0.29) is 0 Å². The van der Waals surface area contributed by atoms with Crippen molar-refractivity contribution in [2.75, 3.05) is 26.2 Å². The molecule has 1 fully saturated rings. The Balaban J connectivity index is 2.14. The van der Waals surface area contributed by atoms with Crippen LogP contribution in [-0.2, 0) is 0 Å². The average Bonchev–Trinajstić information content (AvgIpc) is 3.29. The van der Waals surface area contributed by atoms with Gasteiger partial charge in [-0.1, -0.05) is 32.0 Å². The molecule has 0 aliphatic heterocycles. The number of nitrogens with zero attached hydrogens (tertiary/aromatic N) is 1. The molecule has 1 N–H and O–H groups in total. The van der Waals surface area contributed by atoms with Gasteiger partial charge in [-0.2, -0.15) is 0 Å². The molecule has 1 aliphatic carbocycles. The topological polar surface area (TPSA) is 24.5 Å². The maximum absolute atomic E-state index is 5.80. The van der Waals surface area contributed by atoms with Crippen LogP contribution in [0.2, 0.25) is 0 Å². The first kappa shape index (κ1) is 15.3. The van der Waals surface area contributed by atoms with E-state index in [9.17, 15) is 0 Å². The summed E-state index contributed by atoms with van der Waals surface area (Å²) in [5, 5.41) is 3.62. The quantitative estimate of drug-likeness (QED) is 0.749. The van der Waals surface area contributed by atoms with Crippen LogP contribution < -0.4 is 10.1 Å². The van der Waals surface area contributed by atoms with Gasteiger partial charge in [-0.3, -0.25) is 4.90 Å². The lowest BCUT2D eigenvalue weighted by atomic mass is 10.0. The Kier molecular flexibility index (Phi) is 5.86. The molecule has 3 heteroatoms. The molecule has 1 saturated carbocycles. The molecule has 0 amide bonds. The zero-order chi connectivity index (χ0) is 14.4. The van der Waals surface area contributed by atoms with Gasteiger partial charge < -0.3 is 10.1 Å². The van der Waals surface area contributed by atoms with Crippen LogP contribution in [0.3, 0.4) is 0 Å². The van der Waals surface area contributed by atoms with Crippen LogP contribution in [-0.4, -0.2) is 37.2 Å². The van der Waals surface area contributed by atoms with Crippen LogP contribution >= 0.6 is 0 Å². The second-order valence-corrected chi connectivity index (χ2v) is 5.40. The Morgan fingerprint density at radius 3 is 2.60 bits per heavy atom. The van der Waals surface area contributed by atoms with Crippen LogP contribution in [0, 0.1) is 0 Å². The number of hydrogen-bond donors (Lipinski definition) is 1. The number of hydrogen-bond acceptors (Lipinski definition) is 3. The van der Waals surface area contributed by atoms with Crippen molar-refractivity contribution in [3.8, 4) is 5.75 Å². The van der Waals surface area contributed by atoms with E-state index >= 15 is 0 Å². The summed E-state index contributed by atoms with van der Waals surface area (Å²) in [5.41, 5.74) is 1.29. The summed E-state index contributed by atoms with van der Waals surface area (Å²) in [7, 11) is 0. The molecule has 0 radical (unpaired) electrons. The van der Waals surface area contributed by atoms with Crippen molar-refractivity contribution in [1.82, 2.24) is 10.2 Å². The molecule has 0 bridgehead atoms. The number of benzene rings is 1. The molecule has 2 rings (SSSR count). The second-order valence-electron chi connectivity index (χ2n) is 5.40. The first-order valence-corrected chi connectivity index (χ1v) is 7.99. The average molecular weight is 276 g/mol. The predicted molar refractivity (Wildman–Crippen MR) is 84.3 cm³/mol. The highest BCUT2D eigenvalue weighted by atomic mass is 16.5. The summed E-state index contributed by atoms with van der Waals surface area (Å²) >= 11 is 0. The third-order valence-corrected chi connectivity index (χ3v) is 3.93. The molecule has 0 saturated heterocycles. The summed E-state index contributed by atoms with van der Waals surface area (Å²) in [4.78, 5) is 2.59. The smallest absolute Gasteiger partial charge is 0.124 e. The Hall–Kier alpha value is -1.06. The molecular formula is C17H28N2O. The van der Waals surface area contributed by atoms with E-state index in [1.165, 1.54) is 18.4 Å². The van der Waals surface area contributed by atoms with Gasteiger partial charge in [0, 0.05) is 24.2 Å². The summed E-state index contributed by atoms with van der Waals surface area (Å²) < 4.78 is 5.80. The lowest BCUT2D eigenvalue weighted by molar-refractivity contribution is 0.241. The highest BCUT2D eigenvalue weighted by Gasteiger charge is 2.30. The summed E-state index contributed by atoms with van der Waals surface area (Å²) in [6, 6.07) is 9.59. The molecule has 1 aliphatic rings. The predicted octanol–water partition coefficient (Wildman–Crippen LogP) is 3.22. The van der Waals surface area contributed by atoms with Crippen LogP contribution in [0.15, 0.2) is 24.3 Å². The van der Waals surface area contributed by atoms with E-state index in [1.807, 2.05) is 6.92 Å².